The van der Waals surface area contributed by atoms with Gasteiger partial charge < -0.3 is 5.32 Å². The van der Waals surface area contributed by atoms with Gasteiger partial charge in [-0.3, -0.25) is 0 Å². The van der Waals surface area contributed by atoms with Crippen LogP contribution in [0.1, 0.15) is 60.3 Å². The van der Waals surface area contributed by atoms with Crippen molar-refractivity contribution in [1.82, 2.24) is 5.32 Å². The second kappa shape index (κ2) is 7.28. The Kier molecular flexibility index (Phi) is 7.26. The van der Waals surface area contributed by atoms with E-state index in [1.165, 1.54) is 25.7 Å². The van der Waals surface area contributed by atoms with Crippen molar-refractivity contribution in [3.8, 4) is 0 Å². The van der Waals surface area contributed by atoms with Gasteiger partial charge in [-0.2, -0.15) is 0 Å². The molecule has 0 saturated heterocycles. The fourth-order valence-corrected chi connectivity index (χ4v) is 2.21. The second-order valence-electron chi connectivity index (χ2n) is 5.44. The van der Waals surface area contributed by atoms with Crippen molar-refractivity contribution in [3.63, 3.8) is 0 Å². The topological polar surface area (TPSA) is 12.0 Å². The molecular formula is C13H29N. The Morgan fingerprint density at radius 1 is 1.14 bits per heavy atom. The molecule has 1 N–H and O–H groups in total. The quantitative estimate of drug-likeness (QED) is 0.586. The largest absolute Gasteiger partial charge is 0.316 e. The fourth-order valence-electron chi connectivity index (χ4n) is 2.21. The Hall–Kier alpha value is -0.0400. The van der Waals surface area contributed by atoms with Gasteiger partial charge in [-0.25, -0.2) is 0 Å². The summed E-state index contributed by atoms with van der Waals surface area (Å²) in [6, 6.07) is 0. The van der Waals surface area contributed by atoms with E-state index >= 15 is 0 Å². The average molecular weight is 199 g/mol. The summed E-state index contributed by atoms with van der Waals surface area (Å²) in [6.07, 6.45) is 5.27. The second-order valence-corrected chi connectivity index (χ2v) is 5.44. The maximum Gasteiger partial charge on any atom is 0.000261 e. The molecule has 0 bridgehead atoms. The van der Waals surface area contributed by atoms with Crippen LogP contribution in [0.5, 0.6) is 0 Å². The summed E-state index contributed by atoms with van der Waals surface area (Å²) in [7, 11) is 0. The monoisotopic (exact) mass is 199 g/mol. The zero-order chi connectivity index (χ0) is 11.0. The van der Waals surface area contributed by atoms with E-state index in [0.29, 0.717) is 5.41 Å². The molecule has 0 aliphatic heterocycles. The maximum atomic E-state index is 3.52. The number of hydrogen-bond donors (Lipinski definition) is 1. The molecule has 0 amide bonds. The van der Waals surface area contributed by atoms with E-state index in [9.17, 15) is 0 Å². The minimum atomic E-state index is 0.462. The summed E-state index contributed by atoms with van der Waals surface area (Å²) in [5, 5.41) is 3.52. The van der Waals surface area contributed by atoms with E-state index in [0.717, 1.165) is 19.0 Å². The first kappa shape index (κ1) is 14.0. The lowest BCUT2D eigenvalue weighted by atomic mass is 9.82. The molecule has 0 saturated carbocycles. The molecule has 0 radical (unpaired) electrons. The van der Waals surface area contributed by atoms with Crippen LogP contribution in [0, 0.1) is 11.3 Å². The Morgan fingerprint density at radius 2 is 1.79 bits per heavy atom. The van der Waals surface area contributed by atoms with E-state index in [1.807, 2.05) is 0 Å². The molecule has 0 aromatic carbocycles. The molecule has 0 aliphatic carbocycles. The summed E-state index contributed by atoms with van der Waals surface area (Å²) < 4.78 is 0. The van der Waals surface area contributed by atoms with Crippen LogP contribution in [0.4, 0.5) is 0 Å². The van der Waals surface area contributed by atoms with E-state index in [2.05, 4.69) is 39.9 Å². The van der Waals surface area contributed by atoms with E-state index in [4.69, 9.17) is 0 Å². The molecule has 0 rings (SSSR count). The lowest BCUT2D eigenvalue weighted by Crippen LogP contribution is -2.31. The molecule has 0 aliphatic rings. The lowest BCUT2D eigenvalue weighted by molar-refractivity contribution is 0.256. The number of nitrogens with one attached hydrogen (secondary N) is 1. The molecule has 1 nitrogen and oxygen atoms in total. The highest BCUT2D eigenvalue weighted by Gasteiger charge is 2.19. The van der Waals surface area contributed by atoms with Crippen LogP contribution >= 0.6 is 0 Å². The summed E-state index contributed by atoms with van der Waals surface area (Å²) in [5.41, 5.74) is 0.462. The normalized spacial score (nSPS) is 14.4. The maximum absolute atomic E-state index is 3.52. The predicted octanol–water partition coefficient (Wildman–Crippen LogP) is 3.84. The number of rotatable bonds is 8. The Balaban J connectivity index is 3.69. The molecule has 0 spiro atoms. The van der Waals surface area contributed by atoms with E-state index < -0.39 is 0 Å². The average Bonchev–Trinajstić information content (AvgIpc) is 2.03. The first-order valence-corrected chi connectivity index (χ1v) is 6.22. The van der Waals surface area contributed by atoms with Gasteiger partial charge in [-0.1, -0.05) is 47.5 Å². The molecule has 0 aromatic rings. The highest BCUT2D eigenvalue weighted by molar-refractivity contribution is 4.74. The number of hydrogen-bond acceptors (Lipinski definition) is 1. The Labute approximate surface area is 90.7 Å². The van der Waals surface area contributed by atoms with Crippen LogP contribution in [0.2, 0.25) is 0 Å². The van der Waals surface area contributed by atoms with Crippen molar-refractivity contribution in [2.45, 2.75) is 60.3 Å². The van der Waals surface area contributed by atoms with Crippen molar-refractivity contribution in [2.75, 3.05) is 13.1 Å². The summed E-state index contributed by atoms with van der Waals surface area (Å²) in [4.78, 5) is 0. The van der Waals surface area contributed by atoms with Gasteiger partial charge in [0.05, 0.1) is 0 Å². The third-order valence-corrected chi connectivity index (χ3v) is 2.71. The molecule has 1 atom stereocenters. The van der Waals surface area contributed by atoms with Gasteiger partial charge in [0.2, 0.25) is 0 Å². The van der Waals surface area contributed by atoms with Crippen LogP contribution in [0.15, 0.2) is 0 Å². The highest BCUT2D eigenvalue weighted by Crippen LogP contribution is 2.26. The lowest BCUT2D eigenvalue weighted by Gasteiger charge is -2.28. The van der Waals surface area contributed by atoms with Gasteiger partial charge in [0.15, 0.2) is 0 Å². The summed E-state index contributed by atoms with van der Waals surface area (Å²) >= 11 is 0. The standard InChI is InChI=1S/C13H29N/c1-6-8-12(3)10-13(4,5)11-14-9-7-2/h12,14H,6-11H2,1-5H3. The van der Waals surface area contributed by atoms with Gasteiger partial charge >= 0.3 is 0 Å². The third kappa shape index (κ3) is 7.37. The molecule has 0 aromatic heterocycles. The van der Waals surface area contributed by atoms with Crippen LogP contribution < -0.4 is 5.32 Å². The van der Waals surface area contributed by atoms with Crippen LogP contribution in [0.25, 0.3) is 0 Å². The Morgan fingerprint density at radius 3 is 2.29 bits per heavy atom. The van der Waals surface area contributed by atoms with E-state index in [-0.39, 0.29) is 0 Å². The van der Waals surface area contributed by atoms with Crippen LogP contribution in [-0.4, -0.2) is 13.1 Å². The fraction of sp³-hybridized carbons (Fsp3) is 1.00. The molecule has 0 heterocycles. The Bertz CT molecular complexity index is 129. The van der Waals surface area contributed by atoms with Crippen molar-refractivity contribution < 1.29 is 0 Å². The predicted molar refractivity (Wildman–Crippen MR) is 65.6 cm³/mol. The molecule has 0 fully saturated rings. The third-order valence-electron chi connectivity index (χ3n) is 2.71. The van der Waals surface area contributed by atoms with Gasteiger partial charge in [0, 0.05) is 6.54 Å². The van der Waals surface area contributed by atoms with Crippen molar-refractivity contribution in [2.24, 2.45) is 11.3 Å². The summed E-state index contributed by atoms with van der Waals surface area (Å²) in [5.74, 6) is 0.874. The first-order chi connectivity index (χ1) is 6.52. The van der Waals surface area contributed by atoms with Gasteiger partial charge in [-0.15, -0.1) is 0 Å². The molecular weight excluding hydrogens is 170 g/mol. The van der Waals surface area contributed by atoms with Crippen LogP contribution in [0.3, 0.4) is 0 Å². The molecule has 1 heteroatoms. The zero-order valence-corrected chi connectivity index (χ0v) is 10.8. The molecule has 14 heavy (non-hydrogen) atoms. The summed E-state index contributed by atoms with van der Waals surface area (Å²) in [6.45, 7) is 14.0. The minimum absolute atomic E-state index is 0.462. The van der Waals surface area contributed by atoms with Gasteiger partial charge in [0.25, 0.3) is 0 Å². The van der Waals surface area contributed by atoms with Gasteiger partial charge in [0.1, 0.15) is 0 Å². The van der Waals surface area contributed by atoms with Gasteiger partial charge in [-0.05, 0) is 30.7 Å². The highest BCUT2D eigenvalue weighted by atomic mass is 14.9. The van der Waals surface area contributed by atoms with Crippen molar-refractivity contribution in [3.05, 3.63) is 0 Å². The van der Waals surface area contributed by atoms with Crippen molar-refractivity contribution >= 4 is 0 Å². The van der Waals surface area contributed by atoms with E-state index in [1.54, 1.807) is 0 Å². The smallest absolute Gasteiger partial charge is 0.000261 e. The van der Waals surface area contributed by atoms with Crippen LogP contribution in [-0.2, 0) is 0 Å². The van der Waals surface area contributed by atoms with Crippen molar-refractivity contribution in [1.29, 1.82) is 0 Å². The minimum Gasteiger partial charge on any atom is -0.316 e. The SMILES string of the molecule is CCCNCC(C)(C)CC(C)CCC. The first-order valence-electron chi connectivity index (χ1n) is 6.22. The molecule has 86 valence electrons. The molecule has 1 unspecified atom stereocenters. The zero-order valence-electron chi connectivity index (χ0n) is 10.8.